The van der Waals surface area contributed by atoms with Crippen LogP contribution in [0.2, 0.25) is 0 Å². The largest absolute Gasteiger partial charge is 0.454 e. The van der Waals surface area contributed by atoms with Crippen molar-refractivity contribution in [2.24, 2.45) is 11.8 Å². The van der Waals surface area contributed by atoms with Gasteiger partial charge in [0.2, 0.25) is 12.7 Å². The maximum absolute atomic E-state index is 12.5. The highest BCUT2D eigenvalue weighted by Gasteiger charge is 2.42. The fourth-order valence-electron chi connectivity index (χ4n) is 4.38. The standard InChI is InChI=1S/C19H21N3O3/c1-11-5-16(13-6-17-18(25-10-24-17)7-15(13)20-11)22-8-12-3-4-21(2)19(23)14(12)9-22/h5-7,12,14H,3-4,8-10H2,1-2H3/t12-,14+/m1/s1. The molecule has 130 valence electrons. The average Bonchev–Trinajstić information content (AvgIpc) is 3.22. The summed E-state index contributed by atoms with van der Waals surface area (Å²) in [6.07, 6.45) is 1.08. The van der Waals surface area contributed by atoms with Gasteiger partial charge in [-0.05, 0) is 31.4 Å². The van der Waals surface area contributed by atoms with Crippen molar-refractivity contribution in [2.45, 2.75) is 13.3 Å². The number of piperidine rings is 1. The molecule has 2 atom stereocenters. The summed E-state index contributed by atoms with van der Waals surface area (Å²) in [6.45, 7) is 4.84. The first-order valence-corrected chi connectivity index (χ1v) is 8.81. The number of hydrogen-bond acceptors (Lipinski definition) is 5. The number of amides is 1. The van der Waals surface area contributed by atoms with Gasteiger partial charge < -0.3 is 19.3 Å². The van der Waals surface area contributed by atoms with Crippen LogP contribution in [-0.4, -0.2) is 49.3 Å². The molecule has 1 aromatic heterocycles. The Morgan fingerprint density at radius 2 is 1.96 bits per heavy atom. The number of nitrogens with zero attached hydrogens (tertiary/aromatic N) is 3. The minimum atomic E-state index is 0.108. The zero-order valence-electron chi connectivity index (χ0n) is 14.5. The van der Waals surface area contributed by atoms with Gasteiger partial charge in [0.25, 0.3) is 0 Å². The lowest BCUT2D eigenvalue weighted by atomic mass is 9.88. The lowest BCUT2D eigenvalue weighted by Gasteiger charge is -2.30. The number of benzene rings is 1. The molecule has 6 nitrogen and oxygen atoms in total. The van der Waals surface area contributed by atoms with Gasteiger partial charge in [-0.15, -0.1) is 0 Å². The van der Waals surface area contributed by atoms with Crippen LogP contribution < -0.4 is 14.4 Å². The number of carbonyl (C=O) groups excluding carboxylic acids is 1. The molecule has 1 aromatic carbocycles. The molecular formula is C19H21N3O3. The Morgan fingerprint density at radius 3 is 2.80 bits per heavy atom. The molecule has 1 amide bonds. The molecule has 0 saturated carbocycles. The van der Waals surface area contributed by atoms with Crippen LogP contribution in [0.3, 0.4) is 0 Å². The van der Waals surface area contributed by atoms with Crippen molar-refractivity contribution in [3.63, 3.8) is 0 Å². The van der Waals surface area contributed by atoms with Gasteiger partial charge in [-0.2, -0.15) is 0 Å². The maximum Gasteiger partial charge on any atom is 0.231 e. The quantitative estimate of drug-likeness (QED) is 0.797. The molecule has 3 aliphatic heterocycles. The number of rotatable bonds is 1. The van der Waals surface area contributed by atoms with E-state index in [4.69, 9.17) is 9.47 Å². The van der Waals surface area contributed by atoms with Gasteiger partial charge in [0, 0.05) is 49.5 Å². The first-order chi connectivity index (χ1) is 12.1. The van der Waals surface area contributed by atoms with Crippen molar-refractivity contribution in [2.75, 3.05) is 38.4 Å². The van der Waals surface area contributed by atoms with E-state index in [1.54, 1.807) is 0 Å². The van der Waals surface area contributed by atoms with Crippen molar-refractivity contribution in [3.8, 4) is 11.5 Å². The third kappa shape index (κ3) is 2.23. The SMILES string of the molecule is Cc1cc(N2C[C@H]3CCN(C)C(=O)[C@H]3C2)c2cc3c(cc2n1)OCO3. The van der Waals surface area contributed by atoms with E-state index in [2.05, 4.69) is 16.0 Å². The second kappa shape index (κ2) is 5.25. The Balaban J connectivity index is 1.58. The second-order valence-electron chi connectivity index (χ2n) is 7.33. The molecule has 2 aromatic rings. The number of pyridine rings is 1. The summed E-state index contributed by atoms with van der Waals surface area (Å²) in [6, 6.07) is 6.10. The fraction of sp³-hybridized carbons (Fsp3) is 0.474. The molecule has 0 bridgehead atoms. The van der Waals surface area contributed by atoms with E-state index in [1.807, 2.05) is 31.0 Å². The highest BCUT2D eigenvalue weighted by atomic mass is 16.7. The van der Waals surface area contributed by atoms with E-state index < -0.39 is 0 Å². The summed E-state index contributed by atoms with van der Waals surface area (Å²) in [5.41, 5.74) is 3.03. The van der Waals surface area contributed by atoms with Crippen LogP contribution in [0.4, 0.5) is 5.69 Å². The minimum absolute atomic E-state index is 0.108. The molecule has 25 heavy (non-hydrogen) atoms. The zero-order chi connectivity index (χ0) is 17.1. The second-order valence-corrected chi connectivity index (χ2v) is 7.33. The van der Waals surface area contributed by atoms with Gasteiger partial charge in [-0.25, -0.2) is 0 Å². The Kier molecular flexibility index (Phi) is 3.11. The number of fused-ring (bicyclic) bond motifs is 3. The van der Waals surface area contributed by atoms with Gasteiger partial charge in [0.15, 0.2) is 11.5 Å². The van der Waals surface area contributed by atoms with Gasteiger partial charge in [-0.3, -0.25) is 9.78 Å². The summed E-state index contributed by atoms with van der Waals surface area (Å²) < 4.78 is 11.0. The van der Waals surface area contributed by atoms with E-state index in [1.165, 1.54) is 0 Å². The fourth-order valence-corrected chi connectivity index (χ4v) is 4.38. The van der Waals surface area contributed by atoms with Crippen LogP contribution in [0.25, 0.3) is 10.9 Å². The maximum atomic E-state index is 12.5. The highest BCUT2D eigenvalue weighted by molar-refractivity contribution is 5.95. The van der Waals surface area contributed by atoms with Crippen LogP contribution in [0.15, 0.2) is 18.2 Å². The van der Waals surface area contributed by atoms with Crippen molar-refractivity contribution >= 4 is 22.5 Å². The van der Waals surface area contributed by atoms with Crippen LogP contribution in [-0.2, 0) is 4.79 Å². The molecule has 2 saturated heterocycles. The van der Waals surface area contributed by atoms with E-state index in [0.717, 1.165) is 59.8 Å². The summed E-state index contributed by atoms with van der Waals surface area (Å²) in [5.74, 6) is 2.36. The van der Waals surface area contributed by atoms with Crippen LogP contribution in [0, 0.1) is 18.8 Å². The van der Waals surface area contributed by atoms with Crippen LogP contribution >= 0.6 is 0 Å². The first kappa shape index (κ1) is 14.8. The van der Waals surface area contributed by atoms with Gasteiger partial charge in [0.1, 0.15) is 0 Å². The van der Waals surface area contributed by atoms with Crippen LogP contribution in [0.1, 0.15) is 12.1 Å². The highest BCUT2D eigenvalue weighted by Crippen LogP contribution is 2.41. The Labute approximate surface area is 146 Å². The van der Waals surface area contributed by atoms with Crippen molar-refractivity contribution < 1.29 is 14.3 Å². The van der Waals surface area contributed by atoms with Crippen molar-refractivity contribution in [1.29, 1.82) is 0 Å². The van der Waals surface area contributed by atoms with Gasteiger partial charge >= 0.3 is 0 Å². The predicted molar refractivity (Wildman–Crippen MR) is 94.1 cm³/mol. The van der Waals surface area contributed by atoms with E-state index >= 15 is 0 Å². The third-order valence-electron chi connectivity index (χ3n) is 5.72. The summed E-state index contributed by atoms with van der Waals surface area (Å²) in [4.78, 5) is 21.4. The predicted octanol–water partition coefficient (Wildman–Crippen LogP) is 2.19. The monoisotopic (exact) mass is 339 g/mol. The van der Waals surface area contributed by atoms with Crippen LogP contribution in [0.5, 0.6) is 11.5 Å². The number of aromatic nitrogens is 1. The smallest absolute Gasteiger partial charge is 0.231 e. The Hall–Kier alpha value is -2.50. The molecule has 6 heteroatoms. The number of anilines is 1. The number of likely N-dealkylation sites (tertiary alicyclic amines) is 1. The van der Waals surface area contributed by atoms with E-state index in [9.17, 15) is 4.79 Å². The molecule has 5 rings (SSSR count). The molecule has 0 aliphatic carbocycles. The van der Waals surface area contributed by atoms with Crippen molar-refractivity contribution in [3.05, 3.63) is 23.9 Å². The normalized spacial score (nSPS) is 25.0. The summed E-state index contributed by atoms with van der Waals surface area (Å²) in [5, 5.41) is 1.06. The number of hydrogen-bond donors (Lipinski definition) is 0. The van der Waals surface area contributed by atoms with E-state index in [0.29, 0.717) is 5.92 Å². The first-order valence-electron chi connectivity index (χ1n) is 8.81. The number of aryl methyl sites for hydroxylation is 1. The molecule has 0 unspecified atom stereocenters. The molecule has 0 radical (unpaired) electrons. The lowest BCUT2D eigenvalue weighted by molar-refractivity contribution is -0.137. The van der Waals surface area contributed by atoms with Gasteiger partial charge in [0.05, 0.1) is 11.4 Å². The summed E-state index contributed by atoms with van der Waals surface area (Å²) in [7, 11) is 1.91. The van der Waals surface area contributed by atoms with E-state index in [-0.39, 0.29) is 18.6 Å². The molecular weight excluding hydrogens is 318 g/mol. The topological polar surface area (TPSA) is 54.9 Å². The Morgan fingerprint density at radius 1 is 1.16 bits per heavy atom. The van der Waals surface area contributed by atoms with Gasteiger partial charge in [-0.1, -0.05) is 0 Å². The summed E-state index contributed by atoms with van der Waals surface area (Å²) >= 11 is 0. The minimum Gasteiger partial charge on any atom is -0.454 e. The lowest BCUT2D eigenvalue weighted by Crippen LogP contribution is -2.42. The Bertz CT molecular complexity index is 882. The molecule has 3 aliphatic rings. The molecule has 0 N–H and O–H groups in total. The molecule has 0 spiro atoms. The number of ether oxygens (including phenoxy) is 2. The zero-order valence-corrected chi connectivity index (χ0v) is 14.5. The average molecular weight is 339 g/mol. The van der Waals surface area contributed by atoms with Crippen molar-refractivity contribution in [1.82, 2.24) is 9.88 Å². The number of carbonyl (C=O) groups is 1. The molecule has 2 fully saturated rings. The third-order valence-corrected chi connectivity index (χ3v) is 5.72. The molecule has 4 heterocycles.